The molecule has 4 nitrogen and oxygen atoms in total. The lowest BCUT2D eigenvalue weighted by molar-refractivity contribution is -0.137. The van der Waals surface area contributed by atoms with Crippen LogP contribution in [-0.4, -0.2) is 17.0 Å². The van der Waals surface area contributed by atoms with Crippen molar-refractivity contribution in [3.63, 3.8) is 0 Å². The third-order valence-electron chi connectivity index (χ3n) is 1.96. The van der Waals surface area contributed by atoms with Gasteiger partial charge in [0.15, 0.2) is 0 Å². The van der Waals surface area contributed by atoms with Crippen molar-refractivity contribution in [1.29, 1.82) is 0 Å². The van der Waals surface area contributed by atoms with E-state index in [9.17, 15) is 9.59 Å². The second-order valence-electron chi connectivity index (χ2n) is 3.35. The van der Waals surface area contributed by atoms with Gasteiger partial charge in [0.2, 0.25) is 5.91 Å². The molecule has 0 saturated carbocycles. The van der Waals surface area contributed by atoms with Gasteiger partial charge in [0.25, 0.3) is 0 Å². The van der Waals surface area contributed by atoms with Crippen LogP contribution < -0.4 is 5.32 Å². The normalized spacial score (nSPS) is 12.1. The SMILES string of the molecule is CC(=O)NC(CCC(=O)O)c1cc(Br)cs1. The first-order valence-electron chi connectivity index (χ1n) is 4.72. The van der Waals surface area contributed by atoms with E-state index in [4.69, 9.17) is 5.11 Å². The molecule has 0 fully saturated rings. The summed E-state index contributed by atoms with van der Waals surface area (Å²) in [6.45, 7) is 1.43. The Bertz CT molecular complexity index is 391. The lowest BCUT2D eigenvalue weighted by atomic mass is 10.1. The number of rotatable bonds is 5. The Morgan fingerprint density at radius 2 is 2.31 bits per heavy atom. The fraction of sp³-hybridized carbons (Fsp3) is 0.400. The molecule has 0 radical (unpaired) electrons. The fourth-order valence-corrected chi connectivity index (χ4v) is 2.84. The first-order valence-corrected chi connectivity index (χ1v) is 6.39. The molecule has 6 heteroatoms. The zero-order valence-corrected chi connectivity index (χ0v) is 11.1. The molecule has 1 aromatic heterocycles. The van der Waals surface area contributed by atoms with Crippen molar-refractivity contribution < 1.29 is 14.7 Å². The zero-order valence-electron chi connectivity index (χ0n) is 8.70. The van der Waals surface area contributed by atoms with Crippen molar-refractivity contribution in [3.8, 4) is 0 Å². The number of thiophene rings is 1. The third-order valence-corrected chi connectivity index (χ3v) is 3.76. The minimum atomic E-state index is -0.856. The minimum absolute atomic E-state index is 0.0421. The van der Waals surface area contributed by atoms with Gasteiger partial charge in [-0.2, -0.15) is 0 Å². The number of hydrogen-bond donors (Lipinski definition) is 2. The predicted octanol–water partition coefficient (Wildman–Crippen LogP) is 2.55. The predicted molar refractivity (Wildman–Crippen MR) is 65.4 cm³/mol. The molecule has 1 heterocycles. The Kier molecular flexibility index (Phi) is 4.95. The van der Waals surface area contributed by atoms with Gasteiger partial charge in [-0.3, -0.25) is 9.59 Å². The van der Waals surface area contributed by atoms with E-state index in [1.54, 1.807) is 0 Å². The fourth-order valence-electron chi connectivity index (χ4n) is 1.31. The first kappa shape index (κ1) is 13.2. The molecule has 0 aliphatic rings. The molecule has 0 spiro atoms. The second kappa shape index (κ2) is 6.00. The minimum Gasteiger partial charge on any atom is -0.481 e. The molecule has 88 valence electrons. The Morgan fingerprint density at radius 3 is 2.75 bits per heavy atom. The van der Waals surface area contributed by atoms with Crippen LogP contribution in [0.2, 0.25) is 0 Å². The molecule has 0 aliphatic heterocycles. The number of amides is 1. The van der Waals surface area contributed by atoms with Crippen LogP contribution in [0.25, 0.3) is 0 Å². The molecule has 0 aromatic carbocycles. The van der Waals surface area contributed by atoms with E-state index in [1.807, 2.05) is 11.4 Å². The molecular formula is C10H12BrNO3S. The maximum Gasteiger partial charge on any atom is 0.303 e. The third kappa shape index (κ3) is 4.32. The Hall–Kier alpha value is -0.880. The summed E-state index contributed by atoms with van der Waals surface area (Å²) in [6.07, 6.45) is 0.447. The van der Waals surface area contributed by atoms with Crippen LogP contribution in [0.5, 0.6) is 0 Å². The maximum atomic E-state index is 11.0. The average molecular weight is 306 g/mol. The van der Waals surface area contributed by atoms with E-state index in [-0.39, 0.29) is 18.4 Å². The van der Waals surface area contributed by atoms with Crippen LogP contribution in [0.15, 0.2) is 15.9 Å². The van der Waals surface area contributed by atoms with Crippen LogP contribution >= 0.6 is 27.3 Å². The second-order valence-corrected chi connectivity index (χ2v) is 5.21. The van der Waals surface area contributed by atoms with Gasteiger partial charge < -0.3 is 10.4 Å². The van der Waals surface area contributed by atoms with Gasteiger partial charge in [0, 0.05) is 28.1 Å². The van der Waals surface area contributed by atoms with E-state index < -0.39 is 5.97 Å². The number of hydrogen-bond acceptors (Lipinski definition) is 3. The van der Waals surface area contributed by atoms with Crippen LogP contribution in [0.1, 0.15) is 30.7 Å². The molecule has 1 unspecified atom stereocenters. The maximum absolute atomic E-state index is 11.0. The lowest BCUT2D eigenvalue weighted by Crippen LogP contribution is -2.25. The molecule has 0 bridgehead atoms. The molecule has 1 amide bonds. The van der Waals surface area contributed by atoms with Gasteiger partial charge in [-0.15, -0.1) is 11.3 Å². The van der Waals surface area contributed by atoms with Crippen LogP contribution in [0, 0.1) is 0 Å². The summed E-state index contributed by atoms with van der Waals surface area (Å²) >= 11 is 4.82. The van der Waals surface area contributed by atoms with Gasteiger partial charge in [-0.25, -0.2) is 0 Å². The van der Waals surface area contributed by atoms with Gasteiger partial charge in [0.05, 0.1) is 6.04 Å². The number of carbonyl (C=O) groups excluding carboxylic acids is 1. The smallest absolute Gasteiger partial charge is 0.303 e. The summed E-state index contributed by atoms with van der Waals surface area (Å²) < 4.78 is 0.943. The van der Waals surface area contributed by atoms with E-state index in [1.165, 1.54) is 18.3 Å². The monoisotopic (exact) mass is 305 g/mol. The molecular weight excluding hydrogens is 294 g/mol. The highest BCUT2D eigenvalue weighted by molar-refractivity contribution is 9.10. The van der Waals surface area contributed by atoms with E-state index in [0.717, 1.165) is 9.35 Å². The van der Waals surface area contributed by atoms with Gasteiger partial charge in [-0.05, 0) is 28.4 Å². The number of carboxylic acids is 1. The molecule has 1 atom stereocenters. The van der Waals surface area contributed by atoms with Crippen LogP contribution in [-0.2, 0) is 9.59 Å². The molecule has 0 aliphatic carbocycles. The number of carbonyl (C=O) groups is 2. The first-order chi connectivity index (χ1) is 7.49. The Morgan fingerprint density at radius 1 is 1.62 bits per heavy atom. The lowest BCUT2D eigenvalue weighted by Gasteiger charge is -2.15. The Balaban J connectivity index is 2.70. The largest absolute Gasteiger partial charge is 0.481 e. The van der Waals surface area contributed by atoms with Gasteiger partial charge in [0.1, 0.15) is 0 Å². The highest BCUT2D eigenvalue weighted by atomic mass is 79.9. The highest BCUT2D eigenvalue weighted by Crippen LogP contribution is 2.28. The van der Waals surface area contributed by atoms with Crippen LogP contribution in [0.4, 0.5) is 0 Å². The molecule has 1 aromatic rings. The van der Waals surface area contributed by atoms with Crippen molar-refractivity contribution in [3.05, 3.63) is 20.8 Å². The summed E-state index contributed by atoms with van der Waals surface area (Å²) in [6, 6.07) is 1.68. The Labute approximate surface area is 106 Å². The highest BCUT2D eigenvalue weighted by Gasteiger charge is 2.16. The molecule has 0 saturated heterocycles. The zero-order chi connectivity index (χ0) is 12.1. The number of aliphatic carboxylic acids is 1. The van der Waals surface area contributed by atoms with E-state index >= 15 is 0 Å². The van der Waals surface area contributed by atoms with Crippen LogP contribution in [0.3, 0.4) is 0 Å². The molecule has 2 N–H and O–H groups in total. The van der Waals surface area contributed by atoms with E-state index in [2.05, 4.69) is 21.2 Å². The van der Waals surface area contributed by atoms with Crippen molar-refractivity contribution >= 4 is 39.1 Å². The standard InChI is InChI=1S/C10H12BrNO3S/c1-6(13)12-8(2-3-10(14)15)9-4-7(11)5-16-9/h4-5,8H,2-3H2,1H3,(H,12,13)(H,14,15). The molecule has 16 heavy (non-hydrogen) atoms. The molecule has 1 rings (SSSR count). The summed E-state index contributed by atoms with van der Waals surface area (Å²) in [5.41, 5.74) is 0. The van der Waals surface area contributed by atoms with Gasteiger partial charge in [-0.1, -0.05) is 0 Å². The van der Waals surface area contributed by atoms with E-state index in [0.29, 0.717) is 6.42 Å². The number of carboxylic acid groups (broad SMARTS) is 1. The summed E-state index contributed by atoms with van der Waals surface area (Å²) in [4.78, 5) is 22.5. The number of nitrogens with one attached hydrogen (secondary N) is 1. The number of halogens is 1. The summed E-state index contributed by atoms with van der Waals surface area (Å²) in [5, 5.41) is 13.3. The summed E-state index contributed by atoms with van der Waals surface area (Å²) in [7, 11) is 0. The van der Waals surface area contributed by atoms with Crippen molar-refractivity contribution in [2.24, 2.45) is 0 Å². The van der Waals surface area contributed by atoms with Gasteiger partial charge >= 0.3 is 5.97 Å². The van der Waals surface area contributed by atoms with Crippen molar-refractivity contribution in [1.82, 2.24) is 5.32 Å². The van der Waals surface area contributed by atoms with Crippen molar-refractivity contribution in [2.45, 2.75) is 25.8 Å². The summed E-state index contributed by atoms with van der Waals surface area (Å²) in [5.74, 6) is -1.01. The topological polar surface area (TPSA) is 66.4 Å². The quantitative estimate of drug-likeness (QED) is 0.878. The van der Waals surface area contributed by atoms with Crippen molar-refractivity contribution in [2.75, 3.05) is 0 Å². The average Bonchev–Trinajstić information content (AvgIpc) is 2.58.